The van der Waals surface area contributed by atoms with Crippen LogP contribution in [0.25, 0.3) is 0 Å². The molecule has 148 valence electrons. The molecule has 0 bridgehead atoms. The Balaban J connectivity index is 1.68. The predicted molar refractivity (Wildman–Crippen MR) is 110 cm³/mol. The molecular weight excluding hydrogens is 374 g/mol. The number of carbonyl (C=O) groups is 2. The summed E-state index contributed by atoms with van der Waals surface area (Å²) in [4.78, 5) is 23.4. The first-order valence-corrected chi connectivity index (χ1v) is 10.5. The summed E-state index contributed by atoms with van der Waals surface area (Å²) in [6.45, 7) is 0. The SMILES string of the molecule is NC(=O)CCS[C@H](c1ccccc1)[C@H](O)[C@@H]1C[C@@H](Cc2ccccc2)C(=O)O1. The minimum Gasteiger partial charge on any atom is -0.459 e. The van der Waals surface area contributed by atoms with E-state index in [0.29, 0.717) is 18.6 Å². The van der Waals surface area contributed by atoms with Gasteiger partial charge >= 0.3 is 5.97 Å². The smallest absolute Gasteiger partial charge is 0.309 e. The quantitative estimate of drug-likeness (QED) is 0.633. The lowest BCUT2D eigenvalue weighted by Crippen LogP contribution is -2.31. The molecule has 1 heterocycles. The van der Waals surface area contributed by atoms with E-state index in [1.165, 1.54) is 11.8 Å². The maximum atomic E-state index is 12.4. The van der Waals surface area contributed by atoms with Gasteiger partial charge in [-0.1, -0.05) is 60.7 Å². The molecule has 4 atom stereocenters. The van der Waals surface area contributed by atoms with Crippen LogP contribution in [0.2, 0.25) is 0 Å². The number of hydrogen-bond donors (Lipinski definition) is 2. The summed E-state index contributed by atoms with van der Waals surface area (Å²) in [6, 6.07) is 19.4. The van der Waals surface area contributed by atoms with Crippen LogP contribution in [0, 0.1) is 5.92 Å². The number of rotatable bonds is 9. The van der Waals surface area contributed by atoms with Crippen LogP contribution in [0.3, 0.4) is 0 Å². The van der Waals surface area contributed by atoms with Crippen molar-refractivity contribution in [2.24, 2.45) is 11.7 Å². The minimum absolute atomic E-state index is 0.238. The number of hydrogen-bond acceptors (Lipinski definition) is 5. The Morgan fingerprint density at radius 1 is 1.14 bits per heavy atom. The number of cyclic esters (lactones) is 1. The number of thioether (sulfide) groups is 1. The van der Waals surface area contributed by atoms with Gasteiger partial charge in [-0.25, -0.2) is 0 Å². The predicted octanol–water partition coefficient (Wildman–Crippen LogP) is 2.87. The molecule has 1 amide bonds. The monoisotopic (exact) mass is 399 g/mol. The fraction of sp³-hybridized carbons (Fsp3) is 0.364. The number of esters is 1. The number of primary amides is 1. The van der Waals surface area contributed by atoms with Gasteiger partial charge in [-0.15, -0.1) is 0 Å². The van der Waals surface area contributed by atoms with E-state index in [4.69, 9.17) is 10.5 Å². The fourth-order valence-electron chi connectivity index (χ4n) is 3.46. The van der Waals surface area contributed by atoms with Crippen LogP contribution in [-0.2, 0) is 20.7 Å². The molecule has 0 spiro atoms. The summed E-state index contributed by atoms with van der Waals surface area (Å²) in [7, 11) is 0. The van der Waals surface area contributed by atoms with E-state index in [9.17, 15) is 14.7 Å². The van der Waals surface area contributed by atoms with Crippen LogP contribution in [0.1, 0.15) is 29.2 Å². The largest absolute Gasteiger partial charge is 0.459 e. The normalized spacial score (nSPS) is 21.1. The van der Waals surface area contributed by atoms with Crippen LogP contribution >= 0.6 is 11.8 Å². The van der Waals surface area contributed by atoms with Crippen LogP contribution in [0.15, 0.2) is 60.7 Å². The third-order valence-corrected chi connectivity index (χ3v) is 6.26. The van der Waals surface area contributed by atoms with E-state index < -0.39 is 12.2 Å². The second kappa shape index (κ2) is 9.75. The second-order valence-electron chi connectivity index (χ2n) is 7.01. The Morgan fingerprint density at radius 3 is 2.43 bits per heavy atom. The van der Waals surface area contributed by atoms with Crippen molar-refractivity contribution in [3.63, 3.8) is 0 Å². The van der Waals surface area contributed by atoms with E-state index in [1.807, 2.05) is 60.7 Å². The van der Waals surface area contributed by atoms with Gasteiger partial charge in [0.05, 0.1) is 11.2 Å². The maximum Gasteiger partial charge on any atom is 0.309 e. The van der Waals surface area contributed by atoms with Crippen molar-refractivity contribution >= 4 is 23.6 Å². The van der Waals surface area contributed by atoms with Crippen LogP contribution < -0.4 is 5.73 Å². The van der Waals surface area contributed by atoms with E-state index in [0.717, 1.165) is 11.1 Å². The van der Waals surface area contributed by atoms with E-state index in [1.54, 1.807) is 0 Å². The number of carbonyl (C=O) groups excluding carboxylic acids is 2. The molecule has 1 fully saturated rings. The molecule has 0 radical (unpaired) electrons. The second-order valence-corrected chi connectivity index (χ2v) is 8.26. The van der Waals surface area contributed by atoms with Crippen molar-refractivity contribution in [2.75, 3.05) is 5.75 Å². The Morgan fingerprint density at radius 2 is 1.79 bits per heavy atom. The molecule has 0 aliphatic carbocycles. The summed E-state index contributed by atoms with van der Waals surface area (Å²) < 4.78 is 5.54. The molecule has 0 unspecified atom stereocenters. The average molecular weight is 400 g/mol. The molecule has 5 nitrogen and oxygen atoms in total. The van der Waals surface area contributed by atoms with Gasteiger partial charge in [-0.05, 0) is 17.5 Å². The molecule has 2 aromatic rings. The van der Waals surface area contributed by atoms with Crippen molar-refractivity contribution in [2.45, 2.75) is 36.7 Å². The zero-order chi connectivity index (χ0) is 19.9. The molecule has 0 saturated carbocycles. The number of amides is 1. The number of aliphatic hydroxyl groups excluding tert-OH is 1. The number of benzene rings is 2. The molecule has 1 aliphatic rings. The Hall–Kier alpha value is -2.31. The highest BCUT2D eigenvalue weighted by atomic mass is 32.2. The van der Waals surface area contributed by atoms with Gasteiger partial charge in [0, 0.05) is 18.6 Å². The first-order valence-electron chi connectivity index (χ1n) is 9.42. The van der Waals surface area contributed by atoms with Crippen LogP contribution in [-0.4, -0.2) is 34.9 Å². The van der Waals surface area contributed by atoms with Crippen LogP contribution in [0.4, 0.5) is 0 Å². The molecular formula is C22H25NO4S. The summed E-state index contributed by atoms with van der Waals surface area (Å²) in [5.41, 5.74) is 7.26. The molecule has 1 saturated heterocycles. The maximum absolute atomic E-state index is 12.4. The summed E-state index contributed by atoms with van der Waals surface area (Å²) >= 11 is 1.46. The van der Waals surface area contributed by atoms with Gasteiger partial charge < -0.3 is 15.6 Å². The number of ether oxygens (including phenoxy) is 1. The van der Waals surface area contributed by atoms with Crippen molar-refractivity contribution < 1.29 is 19.4 Å². The van der Waals surface area contributed by atoms with Gasteiger partial charge in [0.25, 0.3) is 0 Å². The van der Waals surface area contributed by atoms with E-state index >= 15 is 0 Å². The lowest BCUT2D eigenvalue weighted by atomic mass is 9.93. The van der Waals surface area contributed by atoms with Gasteiger partial charge in [-0.2, -0.15) is 11.8 Å². The topological polar surface area (TPSA) is 89.6 Å². The highest BCUT2D eigenvalue weighted by molar-refractivity contribution is 7.99. The van der Waals surface area contributed by atoms with Gasteiger partial charge in [0.2, 0.25) is 5.91 Å². The van der Waals surface area contributed by atoms with Crippen molar-refractivity contribution in [1.82, 2.24) is 0 Å². The number of nitrogens with two attached hydrogens (primary N) is 1. The standard InChI is InChI=1S/C22H25NO4S/c23-19(24)11-12-28-21(16-9-5-2-6-10-16)20(25)18-14-17(22(26)27-18)13-15-7-3-1-4-8-15/h1-10,17-18,20-21,25H,11-14H2,(H2,23,24)/t17-,18+,20-,21-/m1/s1. The summed E-state index contributed by atoms with van der Waals surface area (Å²) in [5.74, 6) is -0.389. The fourth-order valence-corrected chi connectivity index (χ4v) is 4.76. The first-order chi connectivity index (χ1) is 13.5. The van der Waals surface area contributed by atoms with Gasteiger partial charge in [0.15, 0.2) is 0 Å². The van der Waals surface area contributed by atoms with E-state index in [2.05, 4.69) is 0 Å². The van der Waals surface area contributed by atoms with Gasteiger partial charge in [0.1, 0.15) is 12.2 Å². The zero-order valence-corrected chi connectivity index (χ0v) is 16.4. The third-order valence-electron chi connectivity index (χ3n) is 4.91. The molecule has 28 heavy (non-hydrogen) atoms. The molecule has 3 rings (SSSR count). The molecule has 3 N–H and O–H groups in total. The molecule has 2 aromatic carbocycles. The zero-order valence-electron chi connectivity index (χ0n) is 15.6. The lowest BCUT2D eigenvalue weighted by Gasteiger charge is -2.26. The van der Waals surface area contributed by atoms with Crippen molar-refractivity contribution in [3.8, 4) is 0 Å². The highest BCUT2D eigenvalue weighted by Gasteiger charge is 2.41. The van der Waals surface area contributed by atoms with Crippen molar-refractivity contribution in [3.05, 3.63) is 71.8 Å². The van der Waals surface area contributed by atoms with Crippen LogP contribution in [0.5, 0.6) is 0 Å². The Labute approximate surface area is 169 Å². The Bertz CT molecular complexity index is 784. The van der Waals surface area contributed by atoms with Crippen molar-refractivity contribution in [1.29, 1.82) is 0 Å². The van der Waals surface area contributed by atoms with E-state index in [-0.39, 0.29) is 29.5 Å². The first kappa shape index (κ1) is 20.4. The third kappa shape index (κ3) is 5.36. The summed E-state index contributed by atoms with van der Waals surface area (Å²) in [6.07, 6.45) is -0.0954. The average Bonchev–Trinajstić information content (AvgIpc) is 3.06. The molecule has 6 heteroatoms. The van der Waals surface area contributed by atoms with Gasteiger partial charge in [-0.3, -0.25) is 9.59 Å². The highest BCUT2D eigenvalue weighted by Crippen LogP contribution is 2.38. The molecule has 0 aromatic heterocycles. The lowest BCUT2D eigenvalue weighted by molar-refractivity contribution is -0.147. The number of aliphatic hydroxyl groups is 1. The summed E-state index contributed by atoms with van der Waals surface area (Å²) in [5, 5.41) is 10.7. The minimum atomic E-state index is -0.856. The molecule has 1 aliphatic heterocycles. The Kier molecular flexibility index (Phi) is 7.12.